The standard InChI is InChI=1S/C23H23N3O3/c27-23(29-15-17-7-3-1-4-8-17)26-21-11-12-25(13-19-16-28-19)14-20(21)22(24-26)18-9-5-2-6-10-18/h1-10,19H,11-16H2/t19-/m1/s1. The lowest BCUT2D eigenvalue weighted by Crippen LogP contribution is -2.34. The van der Waals surface area contributed by atoms with Crippen LogP contribution in [0.1, 0.15) is 16.8 Å². The van der Waals surface area contributed by atoms with Crippen LogP contribution in [-0.4, -0.2) is 46.6 Å². The number of carbonyl (C=O) groups excluding carboxylic acids is 1. The Bertz CT molecular complexity index is 997. The van der Waals surface area contributed by atoms with E-state index in [1.54, 1.807) is 0 Å². The Morgan fingerprint density at radius 3 is 2.55 bits per heavy atom. The summed E-state index contributed by atoms with van der Waals surface area (Å²) in [6.07, 6.45) is 0.691. The average Bonchev–Trinajstić information content (AvgIpc) is 3.50. The van der Waals surface area contributed by atoms with Crippen molar-refractivity contribution in [3.63, 3.8) is 0 Å². The Labute approximate surface area is 169 Å². The lowest BCUT2D eigenvalue weighted by atomic mass is 10.0. The van der Waals surface area contributed by atoms with Crippen molar-refractivity contribution in [2.24, 2.45) is 0 Å². The van der Waals surface area contributed by atoms with E-state index >= 15 is 0 Å². The fraction of sp³-hybridized carbons (Fsp3) is 0.304. The van der Waals surface area contributed by atoms with Crippen molar-refractivity contribution >= 4 is 6.09 Å². The van der Waals surface area contributed by atoms with Crippen LogP contribution >= 0.6 is 0 Å². The molecule has 3 heterocycles. The summed E-state index contributed by atoms with van der Waals surface area (Å²) in [7, 11) is 0. The van der Waals surface area contributed by atoms with Crippen molar-refractivity contribution in [3.05, 3.63) is 77.5 Å². The third kappa shape index (κ3) is 3.95. The van der Waals surface area contributed by atoms with Crippen LogP contribution in [0.5, 0.6) is 0 Å². The Morgan fingerprint density at radius 2 is 1.83 bits per heavy atom. The molecule has 3 aromatic rings. The maximum absolute atomic E-state index is 12.8. The van der Waals surface area contributed by atoms with E-state index in [4.69, 9.17) is 9.47 Å². The zero-order chi connectivity index (χ0) is 19.6. The van der Waals surface area contributed by atoms with Gasteiger partial charge in [0.1, 0.15) is 6.61 Å². The highest BCUT2D eigenvalue weighted by Gasteiger charge is 2.32. The van der Waals surface area contributed by atoms with Gasteiger partial charge in [0.2, 0.25) is 0 Å². The number of carbonyl (C=O) groups is 1. The fourth-order valence-corrected chi connectivity index (χ4v) is 3.85. The van der Waals surface area contributed by atoms with Crippen LogP contribution in [0.15, 0.2) is 60.7 Å². The number of fused-ring (bicyclic) bond motifs is 1. The minimum atomic E-state index is -0.425. The molecule has 2 aromatic carbocycles. The van der Waals surface area contributed by atoms with Gasteiger partial charge in [0, 0.05) is 37.2 Å². The van der Waals surface area contributed by atoms with Gasteiger partial charge in [0.25, 0.3) is 0 Å². The molecule has 6 nitrogen and oxygen atoms in total. The lowest BCUT2D eigenvalue weighted by molar-refractivity contribution is 0.136. The van der Waals surface area contributed by atoms with Crippen LogP contribution in [-0.2, 0) is 29.0 Å². The van der Waals surface area contributed by atoms with Crippen molar-refractivity contribution in [3.8, 4) is 11.3 Å². The van der Waals surface area contributed by atoms with E-state index < -0.39 is 6.09 Å². The Kier molecular flexibility index (Phi) is 4.87. The van der Waals surface area contributed by atoms with Gasteiger partial charge in [-0.1, -0.05) is 60.7 Å². The molecule has 1 saturated heterocycles. The first-order chi connectivity index (χ1) is 14.3. The molecule has 5 rings (SSSR count). The molecule has 0 saturated carbocycles. The lowest BCUT2D eigenvalue weighted by Gasteiger charge is -2.26. The first-order valence-electron chi connectivity index (χ1n) is 9.99. The van der Waals surface area contributed by atoms with Gasteiger partial charge in [-0.15, -0.1) is 0 Å². The first-order valence-corrected chi connectivity index (χ1v) is 9.99. The van der Waals surface area contributed by atoms with Gasteiger partial charge >= 0.3 is 6.09 Å². The van der Waals surface area contributed by atoms with Crippen LogP contribution in [0.4, 0.5) is 4.79 Å². The van der Waals surface area contributed by atoms with Crippen molar-refractivity contribution < 1.29 is 14.3 Å². The Morgan fingerprint density at radius 1 is 1.10 bits per heavy atom. The van der Waals surface area contributed by atoms with E-state index in [1.807, 2.05) is 60.7 Å². The third-order valence-corrected chi connectivity index (χ3v) is 5.43. The molecule has 6 heteroatoms. The quantitative estimate of drug-likeness (QED) is 0.625. The number of hydrogen-bond donors (Lipinski definition) is 0. The van der Waals surface area contributed by atoms with Crippen LogP contribution in [0.3, 0.4) is 0 Å². The molecule has 148 valence electrons. The minimum absolute atomic E-state index is 0.236. The summed E-state index contributed by atoms with van der Waals surface area (Å²) in [4.78, 5) is 15.2. The maximum atomic E-state index is 12.8. The normalized spacial score (nSPS) is 18.3. The van der Waals surface area contributed by atoms with Crippen LogP contribution in [0.2, 0.25) is 0 Å². The molecule has 29 heavy (non-hydrogen) atoms. The van der Waals surface area contributed by atoms with E-state index in [2.05, 4.69) is 10.00 Å². The number of benzene rings is 2. The molecule has 0 N–H and O–H groups in total. The monoisotopic (exact) mass is 389 g/mol. The molecule has 1 atom stereocenters. The number of aromatic nitrogens is 2. The zero-order valence-corrected chi connectivity index (χ0v) is 16.2. The SMILES string of the molecule is O=C(OCc1ccccc1)n1nc(-c2ccccc2)c2c1CCN(C[C@@H]1CO1)C2. The second-order valence-electron chi connectivity index (χ2n) is 7.53. The number of nitrogens with zero attached hydrogens (tertiary/aromatic N) is 3. The summed E-state index contributed by atoms with van der Waals surface area (Å²) in [5.41, 5.74) is 4.90. The van der Waals surface area contributed by atoms with E-state index in [9.17, 15) is 4.79 Å². The second kappa shape index (κ2) is 7.81. The Hall–Kier alpha value is -2.96. The summed E-state index contributed by atoms with van der Waals surface area (Å²) >= 11 is 0. The van der Waals surface area contributed by atoms with Gasteiger partial charge in [-0.05, 0) is 5.56 Å². The highest BCUT2D eigenvalue weighted by molar-refractivity contribution is 5.74. The highest BCUT2D eigenvalue weighted by Crippen LogP contribution is 2.31. The smallest absolute Gasteiger partial charge is 0.435 e. The number of epoxide rings is 1. The second-order valence-corrected chi connectivity index (χ2v) is 7.53. The molecule has 1 fully saturated rings. The summed E-state index contributed by atoms with van der Waals surface area (Å²) in [6, 6.07) is 19.7. The molecule has 0 aliphatic carbocycles. The number of ether oxygens (including phenoxy) is 2. The molecule has 1 aromatic heterocycles. The van der Waals surface area contributed by atoms with Crippen molar-refractivity contribution in [2.75, 3.05) is 19.7 Å². The molecule has 0 unspecified atom stereocenters. The predicted octanol–water partition coefficient (Wildman–Crippen LogP) is 3.49. The van der Waals surface area contributed by atoms with Gasteiger partial charge in [0.15, 0.2) is 0 Å². The van der Waals surface area contributed by atoms with E-state index in [0.717, 1.165) is 60.7 Å². The molecule has 0 radical (unpaired) electrons. The Balaban J connectivity index is 1.43. The summed E-state index contributed by atoms with van der Waals surface area (Å²) in [6.45, 7) is 3.67. The molecular weight excluding hydrogens is 366 g/mol. The first kappa shape index (κ1) is 18.1. The van der Waals surface area contributed by atoms with Gasteiger partial charge in [-0.2, -0.15) is 9.78 Å². The van der Waals surface area contributed by atoms with E-state index in [0.29, 0.717) is 6.10 Å². The summed E-state index contributed by atoms with van der Waals surface area (Å²) in [5.74, 6) is 0. The number of hydrogen-bond acceptors (Lipinski definition) is 5. The molecule has 0 bridgehead atoms. The summed E-state index contributed by atoms with van der Waals surface area (Å²) in [5, 5.41) is 4.69. The average molecular weight is 389 g/mol. The fourth-order valence-electron chi connectivity index (χ4n) is 3.85. The molecule has 2 aliphatic rings. The zero-order valence-electron chi connectivity index (χ0n) is 16.2. The topological polar surface area (TPSA) is 59.9 Å². The summed E-state index contributed by atoms with van der Waals surface area (Å²) < 4.78 is 12.4. The largest absolute Gasteiger partial charge is 0.443 e. The van der Waals surface area contributed by atoms with Crippen LogP contribution in [0.25, 0.3) is 11.3 Å². The van der Waals surface area contributed by atoms with Gasteiger partial charge < -0.3 is 9.47 Å². The van der Waals surface area contributed by atoms with Crippen LogP contribution < -0.4 is 0 Å². The van der Waals surface area contributed by atoms with Crippen LogP contribution in [0, 0.1) is 0 Å². The minimum Gasteiger partial charge on any atom is -0.443 e. The van der Waals surface area contributed by atoms with E-state index in [-0.39, 0.29) is 6.61 Å². The van der Waals surface area contributed by atoms with Gasteiger partial charge in [-0.25, -0.2) is 4.79 Å². The van der Waals surface area contributed by atoms with Crippen molar-refractivity contribution in [1.29, 1.82) is 0 Å². The number of rotatable bonds is 5. The molecule has 0 amide bonds. The third-order valence-electron chi connectivity index (χ3n) is 5.43. The van der Waals surface area contributed by atoms with E-state index in [1.165, 1.54) is 4.68 Å². The van der Waals surface area contributed by atoms with Crippen molar-refractivity contribution in [2.45, 2.75) is 25.7 Å². The maximum Gasteiger partial charge on any atom is 0.435 e. The van der Waals surface area contributed by atoms with Crippen molar-refractivity contribution in [1.82, 2.24) is 14.7 Å². The molecule has 0 spiro atoms. The van der Waals surface area contributed by atoms with Gasteiger partial charge in [-0.3, -0.25) is 4.90 Å². The van der Waals surface area contributed by atoms with Gasteiger partial charge in [0.05, 0.1) is 24.1 Å². The highest BCUT2D eigenvalue weighted by atomic mass is 16.6. The molecule has 2 aliphatic heterocycles. The predicted molar refractivity (Wildman–Crippen MR) is 108 cm³/mol. The molecular formula is C23H23N3O3.